The van der Waals surface area contributed by atoms with Crippen molar-refractivity contribution < 1.29 is 4.79 Å². The van der Waals surface area contributed by atoms with Crippen molar-refractivity contribution in [3.63, 3.8) is 0 Å². The van der Waals surface area contributed by atoms with Gasteiger partial charge in [0.05, 0.1) is 0 Å². The number of rotatable bonds is 3. The van der Waals surface area contributed by atoms with Crippen LogP contribution in [0.3, 0.4) is 0 Å². The van der Waals surface area contributed by atoms with Gasteiger partial charge in [-0.3, -0.25) is 4.79 Å². The zero-order valence-corrected chi connectivity index (χ0v) is 11.5. The smallest absolute Gasteiger partial charge is 0.168 e. The SMILES string of the molecule is O=Cc1cccc2nc(Cc3ccccc3Br)nn12. The summed E-state index contributed by atoms with van der Waals surface area (Å²) < 4.78 is 2.60. The summed E-state index contributed by atoms with van der Waals surface area (Å²) in [6, 6.07) is 13.3. The van der Waals surface area contributed by atoms with Gasteiger partial charge in [-0.1, -0.05) is 40.2 Å². The Morgan fingerprint density at radius 3 is 2.79 bits per heavy atom. The number of halogens is 1. The molecule has 0 amide bonds. The molecule has 0 atom stereocenters. The van der Waals surface area contributed by atoms with Crippen LogP contribution in [0.25, 0.3) is 5.65 Å². The second-order valence-electron chi connectivity index (χ2n) is 4.13. The molecule has 0 saturated heterocycles. The molecule has 5 heteroatoms. The minimum atomic E-state index is 0.503. The maximum absolute atomic E-state index is 10.9. The highest BCUT2D eigenvalue weighted by Crippen LogP contribution is 2.18. The molecule has 0 fully saturated rings. The molecule has 1 aromatic carbocycles. The highest BCUT2D eigenvalue weighted by atomic mass is 79.9. The summed E-state index contributed by atoms with van der Waals surface area (Å²) in [5, 5.41) is 4.37. The van der Waals surface area contributed by atoms with Crippen molar-refractivity contribution in [1.29, 1.82) is 0 Å². The van der Waals surface area contributed by atoms with E-state index in [4.69, 9.17) is 0 Å². The summed E-state index contributed by atoms with van der Waals surface area (Å²) in [6.07, 6.45) is 1.41. The Labute approximate surface area is 118 Å². The summed E-state index contributed by atoms with van der Waals surface area (Å²) >= 11 is 3.51. The third kappa shape index (κ3) is 2.29. The Hall–Kier alpha value is -2.01. The van der Waals surface area contributed by atoms with Crippen LogP contribution in [0, 0.1) is 0 Å². The van der Waals surface area contributed by atoms with Crippen molar-refractivity contribution in [2.24, 2.45) is 0 Å². The van der Waals surface area contributed by atoms with E-state index >= 15 is 0 Å². The molecule has 0 unspecified atom stereocenters. The third-order valence-electron chi connectivity index (χ3n) is 2.86. The first-order valence-corrected chi connectivity index (χ1v) is 6.60. The molecule has 19 heavy (non-hydrogen) atoms. The van der Waals surface area contributed by atoms with Gasteiger partial charge in [0.25, 0.3) is 0 Å². The predicted octanol–water partition coefficient (Wildman–Crippen LogP) is 2.90. The molecule has 0 radical (unpaired) electrons. The molecule has 0 aliphatic rings. The lowest BCUT2D eigenvalue weighted by molar-refractivity contribution is 0.111. The molecule has 94 valence electrons. The van der Waals surface area contributed by atoms with Crippen LogP contribution in [0.2, 0.25) is 0 Å². The van der Waals surface area contributed by atoms with Gasteiger partial charge < -0.3 is 0 Å². The summed E-state index contributed by atoms with van der Waals surface area (Å²) in [5.41, 5.74) is 2.31. The summed E-state index contributed by atoms with van der Waals surface area (Å²) in [4.78, 5) is 15.4. The van der Waals surface area contributed by atoms with E-state index in [1.54, 1.807) is 16.6 Å². The van der Waals surface area contributed by atoms with Crippen LogP contribution in [0.15, 0.2) is 46.9 Å². The Morgan fingerprint density at radius 1 is 1.16 bits per heavy atom. The highest BCUT2D eigenvalue weighted by molar-refractivity contribution is 9.10. The number of nitrogens with zero attached hydrogens (tertiary/aromatic N) is 3. The van der Waals surface area contributed by atoms with Gasteiger partial charge in [-0.2, -0.15) is 5.10 Å². The first kappa shape index (κ1) is 12.0. The lowest BCUT2D eigenvalue weighted by Crippen LogP contribution is -1.97. The van der Waals surface area contributed by atoms with Crippen molar-refractivity contribution in [3.05, 3.63) is 64.0 Å². The van der Waals surface area contributed by atoms with E-state index in [1.807, 2.05) is 30.3 Å². The van der Waals surface area contributed by atoms with Gasteiger partial charge in [-0.05, 0) is 23.8 Å². The average Bonchev–Trinajstić information content (AvgIpc) is 2.83. The lowest BCUT2D eigenvalue weighted by Gasteiger charge is -1.99. The zero-order chi connectivity index (χ0) is 13.2. The first-order chi connectivity index (χ1) is 9.28. The van der Waals surface area contributed by atoms with E-state index < -0.39 is 0 Å². The molecule has 2 aromatic heterocycles. The van der Waals surface area contributed by atoms with Crippen LogP contribution in [0.1, 0.15) is 21.9 Å². The van der Waals surface area contributed by atoms with Crippen molar-refractivity contribution in [1.82, 2.24) is 14.6 Å². The Morgan fingerprint density at radius 2 is 2.00 bits per heavy atom. The number of hydrogen-bond donors (Lipinski definition) is 0. The number of benzene rings is 1. The summed E-state index contributed by atoms with van der Waals surface area (Å²) in [5.74, 6) is 0.696. The fraction of sp³-hybridized carbons (Fsp3) is 0.0714. The van der Waals surface area contributed by atoms with Gasteiger partial charge in [0.1, 0.15) is 5.69 Å². The number of fused-ring (bicyclic) bond motifs is 1. The van der Waals surface area contributed by atoms with Gasteiger partial charge in [0.15, 0.2) is 17.8 Å². The van der Waals surface area contributed by atoms with E-state index in [-0.39, 0.29) is 0 Å². The van der Waals surface area contributed by atoms with Crippen LogP contribution in [-0.4, -0.2) is 20.9 Å². The number of carbonyl (C=O) groups is 1. The van der Waals surface area contributed by atoms with Crippen LogP contribution < -0.4 is 0 Å². The minimum Gasteiger partial charge on any atom is -0.296 e. The van der Waals surface area contributed by atoms with Gasteiger partial charge in [0.2, 0.25) is 0 Å². The Bertz CT molecular complexity index is 751. The first-order valence-electron chi connectivity index (χ1n) is 5.81. The van der Waals surface area contributed by atoms with E-state index in [2.05, 4.69) is 26.0 Å². The topological polar surface area (TPSA) is 47.3 Å². The number of aromatic nitrogens is 3. The average molecular weight is 316 g/mol. The second-order valence-corrected chi connectivity index (χ2v) is 4.99. The third-order valence-corrected chi connectivity index (χ3v) is 3.63. The standard InChI is InChI=1S/C14H10BrN3O/c15-12-6-2-1-4-10(12)8-13-16-14-7-3-5-11(9-19)18(14)17-13/h1-7,9H,8H2. The van der Waals surface area contributed by atoms with Crippen molar-refractivity contribution >= 4 is 27.9 Å². The number of aldehydes is 1. The summed E-state index contributed by atoms with van der Waals surface area (Å²) in [7, 11) is 0. The molecule has 2 heterocycles. The summed E-state index contributed by atoms with van der Waals surface area (Å²) in [6.45, 7) is 0. The Kier molecular flexibility index (Phi) is 3.13. The van der Waals surface area contributed by atoms with E-state index in [0.717, 1.165) is 16.3 Å². The molecule has 3 aromatic rings. The quantitative estimate of drug-likeness (QED) is 0.698. The van der Waals surface area contributed by atoms with Crippen molar-refractivity contribution in [3.8, 4) is 0 Å². The van der Waals surface area contributed by atoms with Crippen LogP contribution in [0.5, 0.6) is 0 Å². The number of pyridine rings is 1. The van der Waals surface area contributed by atoms with E-state index in [0.29, 0.717) is 23.6 Å². The number of carbonyl (C=O) groups excluding carboxylic acids is 1. The molecule has 0 aliphatic heterocycles. The van der Waals surface area contributed by atoms with Crippen LogP contribution in [0.4, 0.5) is 0 Å². The van der Waals surface area contributed by atoms with Gasteiger partial charge in [0, 0.05) is 10.9 Å². The molecule has 3 rings (SSSR count). The normalized spacial score (nSPS) is 10.8. The number of hydrogen-bond acceptors (Lipinski definition) is 3. The molecule has 0 spiro atoms. The van der Waals surface area contributed by atoms with E-state index in [1.165, 1.54) is 0 Å². The maximum atomic E-state index is 10.9. The lowest BCUT2D eigenvalue weighted by atomic mass is 10.1. The fourth-order valence-corrected chi connectivity index (χ4v) is 2.37. The van der Waals surface area contributed by atoms with E-state index in [9.17, 15) is 4.79 Å². The molecular formula is C14H10BrN3O. The van der Waals surface area contributed by atoms with Gasteiger partial charge in [-0.15, -0.1) is 0 Å². The highest BCUT2D eigenvalue weighted by Gasteiger charge is 2.08. The zero-order valence-electron chi connectivity index (χ0n) is 9.95. The van der Waals surface area contributed by atoms with Crippen molar-refractivity contribution in [2.75, 3.05) is 0 Å². The largest absolute Gasteiger partial charge is 0.296 e. The van der Waals surface area contributed by atoms with Crippen LogP contribution in [-0.2, 0) is 6.42 Å². The Balaban J connectivity index is 2.03. The van der Waals surface area contributed by atoms with Gasteiger partial charge in [-0.25, -0.2) is 9.50 Å². The molecule has 0 bridgehead atoms. The molecular weight excluding hydrogens is 306 g/mol. The van der Waals surface area contributed by atoms with Crippen molar-refractivity contribution in [2.45, 2.75) is 6.42 Å². The van der Waals surface area contributed by atoms with Crippen LogP contribution >= 0.6 is 15.9 Å². The monoisotopic (exact) mass is 315 g/mol. The second kappa shape index (κ2) is 4.93. The molecule has 0 saturated carbocycles. The predicted molar refractivity (Wildman–Crippen MR) is 75.3 cm³/mol. The molecule has 4 nitrogen and oxygen atoms in total. The maximum Gasteiger partial charge on any atom is 0.168 e. The molecule has 0 N–H and O–H groups in total. The molecule has 0 aliphatic carbocycles. The minimum absolute atomic E-state index is 0.503. The van der Waals surface area contributed by atoms with Gasteiger partial charge >= 0.3 is 0 Å². The fourth-order valence-electron chi connectivity index (χ4n) is 1.95.